The molecule has 0 aliphatic heterocycles. The number of likely N-dealkylation sites (N-methyl/N-ethyl adjacent to an activating group) is 1. The van der Waals surface area contributed by atoms with Crippen molar-refractivity contribution in [2.45, 2.75) is 6.54 Å². The van der Waals surface area contributed by atoms with Gasteiger partial charge in [-0.15, -0.1) is 0 Å². The maximum atomic E-state index is 10.6. The van der Waals surface area contributed by atoms with E-state index in [4.69, 9.17) is 5.11 Å². The lowest BCUT2D eigenvalue weighted by molar-refractivity contribution is -0.896. The zero-order chi connectivity index (χ0) is 10.6. The van der Waals surface area contributed by atoms with Crippen LogP contribution in [0, 0.1) is 0 Å². The average molecular weight is 230 g/mol. The van der Waals surface area contributed by atoms with Crippen molar-refractivity contribution >= 4 is 5.97 Å². The highest BCUT2D eigenvalue weighted by Crippen LogP contribution is 2.08. The van der Waals surface area contributed by atoms with E-state index >= 15 is 0 Å². The lowest BCUT2D eigenvalue weighted by atomic mass is 10.2. The normalized spacial score (nSPS) is 10.5. The number of quaternary nitrogens is 1. The molecule has 1 N–H and O–H groups in total. The van der Waals surface area contributed by atoms with Crippen molar-refractivity contribution < 1.29 is 26.8 Å². The van der Waals surface area contributed by atoms with Gasteiger partial charge in [0, 0.05) is 5.56 Å². The molecule has 0 radical (unpaired) electrons. The van der Waals surface area contributed by atoms with Crippen LogP contribution in [-0.4, -0.2) is 36.2 Å². The van der Waals surface area contributed by atoms with Gasteiger partial charge in [-0.2, -0.15) is 0 Å². The van der Waals surface area contributed by atoms with E-state index in [9.17, 15) is 4.79 Å². The van der Waals surface area contributed by atoms with Crippen LogP contribution in [0.3, 0.4) is 0 Å². The molecule has 1 aromatic carbocycles. The van der Waals surface area contributed by atoms with Gasteiger partial charge in [0.25, 0.3) is 0 Å². The van der Waals surface area contributed by atoms with Crippen molar-refractivity contribution in [3.05, 3.63) is 35.9 Å². The summed E-state index contributed by atoms with van der Waals surface area (Å²) in [4.78, 5) is 10.6. The van der Waals surface area contributed by atoms with Crippen LogP contribution < -0.4 is 12.4 Å². The lowest BCUT2D eigenvalue weighted by Crippen LogP contribution is -3.00. The summed E-state index contributed by atoms with van der Waals surface area (Å²) in [5.41, 5.74) is 1.17. The van der Waals surface area contributed by atoms with Crippen LogP contribution in [0.4, 0.5) is 0 Å². The molecule has 0 bridgehead atoms. The van der Waals surface area contributed by atoms with E-state index in [1.807, 2.05) is 44.4 Å². The smallest absolute Gasteiger partial charge is 0.359 e. The quantitative estimate of drug-likeness (QED) is 0.629. The third-order valence-electron chi connectivity index (χ3n) is 2.02. The average Bonchev–Trinajstić information content (AvgIpc) is 2.02. The van der Waals surface area contributed by atoms with Gasteiger partial charge in [0.05, 0.1) is 14.1 Å². The molecule has 0 amide bonds. The number of halogens is 1. The summed E-state index contributed by atoms with van der Waals surface area (Å²) in [6.07, 6.45) is 0. The van der Waals surface area contributed by atoms with Gasteiger partial charge in [-0.3, -0.25) is 0 Å². The molecular weight excluding hydrogens is 214 g/mol. The van der Waals surface area contributed by atoms with Crippen LogP contribution in [0.5, 0.6) is 0 Å². The minimum Gasteiger partial charge on any atom is -1.00 e. The summed E-state index contributed by atoms with van der Waals surface area (Å²) in [5, 5.41) is 8.71. The van der Waals surface area contributed by atoms with Crippen molar-refractivity contribution in [1.29, 1.82) is 0 Å². The summed E-state index contributed by atoms with van der Waals surface area (Å²) >= 11 is 0. The Balaban J connectivity index is 0.00000196. The minimum absolute atomic E-state index is 0. The van der Waals surface area contributed by atoms with E-state index in [0.29, 0.717) is 4.48 Å². The number of carbonyl (C=O) groups is 1. The van der Waals surface area contributed by atoms with Crippen LogP contribution in [0.25, 0.3) is 0 Å². The number of benzene rings is 1. The number of carboxylic acids is 1. The molecule has 0 aromatic heterocycles. The highest BCUT2D eigenvalue weighted by molar-refractivity contribution is 5.67. The molecule has 0 aliphatic rings. The molecule has 4 heteroatoms. The first-order valence-corrected chi connectivity index (χ1v) is 4.57. The van der Waals surface area contributed by atoms with Gasteiger partial charge in [0.15, 0.2) is 6.54 Å². The fourth-order valence-electron chi connectivity index (χ4n) is 1.50. The summed E-state index contributed by atoms with van der Waals surface area (Å²) in [5.74, 6) is -0.758. The molecule has 1 rings (SSSR count). The Hall–Kier alpha value is -1.06. The first-order chi connectivity index (χ1) is 6.49. The highest BCUT2D eigenvalue weighted by Gasteiger charge is 2.19. The minimum atomic E-state index is -0.758. The molecule has 84 valence electrons. The third kappa shape index (κ3) is 5.40. The molecule has 0 atom stereocenters. The van der Waals surface area contributed by atoms with Crippen LogP contribution in [0.15, 0.2) is 30.3 Å². The van der Waals surface area contributed by atoms with Gasteiger partial charge in [-0.05, 0) is 0 Å². The zero-order valence-electron chi connectivity index (χ0n) is 8.98. The number of rotatable bonds is 4. The molecule has 0 saturated heterocycles. The largest absolute Gasteiger partial charge is 1.00 e. The van der Waals surface area contributed by atoms with E-state index in [2.05, 4.69) is 0 Å². The Bertz CT molecular complexity index is 312. The highest BCUT2D eigenvalue weighted by atomic mass is 35.5. The fourth-order valence-corrected chi connectivity index (χ4v) is 1.50. The summed E-state index contributed by atoms with van der Waals surface area (Å²) < 4.78 is 0.472. The maximum absolute atomic E-state index is 10.6. The molecule has 0 spiro atoms. The predicted octanol–water partition coefficient (Wildman–Crippen LogP) is -1.65. The first kappa shape index (κ1) is 13.9. The van der Waals surface area contributed by atoms with Crippen molar-refractivity contribution in [3.8, 4) is 0 Å². The number of aliphatic carboxylic acids is 1. The maximum Gasteiger partial charge on any atom is 0.359 e. The SMILES string of the molecule is C[N+](C)(CC(=O)O)Cc1ccccc1.[Cl-]. The predicted molar refractivity (Wildman–Crippen MR) is 54.8 cm³/mol. The number of nitrogens with zero attached hydrogens (tertiary/aromatic N) is 1. The molecule has 0 aliphatic carbocycles. The van der Waals surface area contributed by atoms with Gasteiger partial charge in [0.1, 0.15) is 6.54 Å². The number of hydrogen-bond acceptors (Lipinski definition) is 1. The van der Waals surface area contributed by atoms with E-state index in [1.165, 1.54) is 5.56 Å². The third-order valence-corrected chi connectivity index (χ3v) is 2.02. The Kier molecular flexibility index (Phi) is 5.33. The Labute approximate surface area is 96.3 Å². The van der Waals surface area contributed by atoms with Gasteiger partial charge < -0.3 is 22.0 Å². The number of hydrogen-bond donors (Lipinski definition) is 1. The van der Waals surface area contributed by atoms with E-state index in [0.717, 1.165) is 6.54 Å². The second-order valence-corrected chi connectivity index (χ2v) is 4.13. The first-order valence-electron chi connectivity index (χ1n) is 4.57. The lowest BCUT2D eigenvalue weighted by Gasteiger charge is -2.27. The second-order valence-electron chi connectivity index (χ2n) is 4.13. The fraction of sp³-hybridized carbons (Fsp3) is 0.364. The van der Waals surface area contributed by atoms with Gasteiger partial charge >= 0.3 is 5.97 Å². The van der Waals surface area contributed by atoms with Crippen molar-refractivity contribution in [3.63, 3.8) is 0 Å². The number of carboxylic acid groups (broad SMARTS) is 1. The van der Waals surface area contributed by atoms with Crippen molar-refractivity contribution in [2.24, 2.45) is 0 Å². The van der Waals surface area contributed by atoms with Crippen LogP contribution in [0.1, 0.15) is 5.56 Å². The Morgan fingerprint density at radius 3 is 2.27 bits per heavy atom. The van der Waals surface area contributed by atoms with Crippen LogP contribution in [-0.2, 0) is 11.3 Å². The molecular formula is C11H16ClNO2. The van der Waals surface area contributed by atoms with Crippen LogP contribution in [0.2, 0.25) is 0 Å². The summed E-state index contributed by atoms with van der Waals surface area (Å²) in [7, 11) is 3.84. The molecule has 0 fully saturated rings. The van der Waals surface area contributed by atoms with Gasteiger partial charge in [-0.25, -0.2) is 4.79 Å². The zero-order valence-corrected chi connectivity index (χ0v) is 9.74. The molecule has 0 unspecified atom stereocenters. The molecule has 1 aromatic rings. The van der Waals surface area contributed by atoms with Gasteiger partial charge in [-0.1, -0.05) is 30.3 Å². The molecule has 15 heavy (non-hydrogen) atoms. The van der Waals surface area contributed by atoms with Crippen molar-refractivity contribution in [2.75, 3.05) is 20.6 Å². The molecule has 0 heterocycles. The van der Waals surface area contributed by atoms with Crippen LogP contribution >= 0.6 is 0 Å². The van der Waals surface area contributed by atoms with Crippen molar-refractivity contribution in [1.82, 2.24) is 0 Å². The topological polar surface area (TPSA) is 37.3 Å². The Morgan fingerprint density at radius 1 is 1.27 bits per heavy atom. The Morgan fingerprint density at radius 2 is 1.80 bits per heavy atom. The molecule has 0 saturated carbocycles. The monoisotopic (exact) mass is 229 g/mol. The summed E-state index contributed by atoms with van der Waals surface area (Å²) in [6.45, 7) is 0.891. The van der Waals surface area contributed by atoms with E-state index in [-0.39, 0.29) is 19.0 Å². The second kappa shape index (κ2) is 5.73. The summed E-state index contributed by atoms with van der Waals surface area (Å²) in [6, 6.07) is 9.93. The standard InChI is InChI=1S/C11H15NO2.ClH/c1-12(2,9-11(13)14)8-10-6-4-3-5-7-10;/h3-7H,8-9H2,1-2H3;1H. The van der Waals surface area contributed by atoms with E-state index in [1.54, 1.807) is 0 Å². The molecule has 3 nitrogen and oxygen atoms in total. The van der Waals surface area contributed by atoms with E-state index < -0.39 is 5.97 Å². The van der Waals surface area contributed by atoms with Gasteiger partial charge in [0.2, 0.25) is 0 Å².